The maximum absolute atomic E-state index is 8.07. The number of aliphatic hydroxyl groups is 3. The monoisotopic (exact) mass is 390 g/mol. The Hall–Kier alpha value is 0.945. The molecule has 3 nitrogen and oxygen atoms in total. The Morgan fingerprint density at radius 1 is 0.440 bits per heavy atom. The Labute approximate surface area is 176 Å². The van der Waals surface area contributed by atoms with E-state index in [1.54, 1.807) is 0 Å². The number of unbranched alkanes of at least 4 members (excludes halogenated alkanes) is 5. The van der Waals surface area contributed by atoms with Crippen LogP contribution < -0.4 is 0 Å². The summed E-state index contributed by atoms with van der Waals surface area (Å²) in [6.07, 6.45) is 11.5. The summed E-state index contributed by atoms with van der Waals surface area (Å²) in [5.41, 5.74) is 0. The van der Waals surface area contributed by atoms with Crippen LogP contribution in [0.1, 0.15) is 98.8 Å². The van der Waals surface area contributed by atoms with E-state index in [4.69, 9.17) is 15.3 Å². The van der Waals surface area contributed by atoms with E-state index < -0.39 is 0 Å². The molecule has 0 aliphatic carbocycles. The number of hydrogen-bond acceptors (Lipinski definition) is 3. The van der Waals surface area contributed by atoms with Gasteiger partial charge in [-0.15, -0.1) is 0 Å². The van der Waals surface area contributed by atoms with Crippen molar-refractivity contribution in [1.29, 1.82) is 0 Å². The van der Waals surface area contributed by atoms with Gasteiger partial charge in [-0.2, -0.15) is 0 Å². The normalized spacial score (nSPS) is 8.48. The number of hydrogen-bond donors (Lipinski definition) is 3. The summed E-state index contributed by atoms with van der Waals surface area (Å²) < 4.78 is 0. The van der Waals surface area contributed by atoms with Crippen LogP contribution in [0.4, 0.5) is 0 Å². The molecule has 0 aromatic heterocycles. The van der Waals surface area contributed by atoms with E-state index in [9.17, 15) is 0 Å². The van der Waals surface area contributed by atoms with Crippen molar-refractivity contribution in [2.75, 3.05) is 19.8 Å². The Kier molecular flexibility index (Phi) is 82.8. The van der Waals surface area contributed by atoms with Gasteiger partial charge in [0.25, 0.3) is 0 Å². The molecule has 0 heterocycles. The summed E-state index contributed by atoms with van der Waals surface area (Å²) in [5, 5.41) is 26.7. The first-order valence-corrected chi connectivity index (χ1v) is 11.9. The topological polar surface area (TPSA) is 60.7 Å². The van der Waals surface area contributed by atoms with Gasteiger partial charge in [0.1, 0.15) is 0 Å². The van der Waals surface area contributed by atoms with Crippen molar-refractivity contribution in [3.63, 3.8) is 0 Å². The standard InChI is InChI=1S/3C4H10O.2C4H9.2Al/c3*1-2-3-4-5;2*1-3-4-2;;/h3*5H,2-4H2,1H3;2*1,3-4H2,2H3;;/q;;;;;2*+2. The van der Waals surface area contributed by atoms with Gasteiger partial charge in [-0.25, -0.2) is 0 Å². The Balaban J connectivity index is -0.0000000667. The van der Waals surface area contributed by atoms with Crippen molar-refractivity contribution in [2.45, 2.75) is 109 Å². The summed E-state index contributed by atoms with van der Waals surface area (Å²) in [7, 11) is 0. The van der Waals surface area contributed by atoms with Crippen molar-refractivity contribution in [2.24, 2.45) is 0 Å². The van der Waals surface area contributed by atoms with Crippen LogP contribution >= 0.6 is 0 Å². The van der Waals surface area contributed by atoms with Crippen LogP contribution in [0.2, 0.25) is 10.6 Å². The van der Waals surface area contributed by atoms with E-state index in [2.05, 4.69) is 67.2 Å². The molecule has 0 aromatic carbocycles. The molecule has 0 amide bonds. The summed E-state index contributed by atoms with van der Waals surface area (Å²) in [6.45, 7) is 11.6. The Morgan fingerprint density at radius 3 is 0.640 bits per heavy atom. The third kappa shape index (κ3) is 110. The molecule has 5 heteroatoms. The first-order chi connectivity index (χ1) is 12.1. The third-order valence-corrected chi connectivity index (χ3v) is 3.47. The van der Waals surface area contributed by atoms with Crippen LogP contribution in [0.25, 0.3) is 0 Å². The van der Waals surface area contributed by atoms with Crippen molar-refractivity contribution < 1.29 is 15.3 Å². The molecule has 0 aliphatic heterocycles. The molecule has 0 aliphatic rings. The third-order valence-electron chi connectivity index (χ3n) is 2.65. The second-order valence-corrected chi connectivity index (χ2v) is 6.67. The molecule has 0 rings (SSSR count). The van der Waals surface area contributed by atoms with Crippen LogP contribution in [0.5, 0.6) is 0 Å². The second kappa shape index (κ2) is 56.3. The van der Waals surface area contributed by atoms with Gasteiger partial charge in [-0.1, -0.05) is 40.0 Å². The predicted molar refractivity (Wildman–Crippen MR) is 117 cm³/mol. The average molecular weight is 391 g/mol. The van der Waals surface area contributed by atoms with Gasteiger partial charge in [0.2, 0.25) is 0 Å². The van der Waals surface area contributed by atoms with E-state index in [-0.39, 0.29) is 0 Å². The zero-order chi connectivity index (χ0) is 20.6. The van der Waals surface area contributed by atoms with E-state index in [1.165, 1.54) is 36.2 Å². The van der Waals surface area contributed by atoms with Gasteiger partial charge in [0, 0.05) is 19.8 Å². The van der Waals surface area contributed by atoms with Gasteiger partial charge < -0.3 is 15.3 Å². The molecule has 0 saturated carbocycles. The van der Waals surface area contributed by atoms with Crippen molar-refractivity contribution in [3.8, 4) is 0 Å². The number of rotatable bonds is 10. The molecule has 3 N–H and O–H groups in total. The fourth-order valence-corrected chi connectivity index (χ4v) is 1.70. The molecule has 0 saturated heterocycles. The molecular formula is C20H48Al2O3+4. The van der Waals surface area contributed by atoms with Gasteiger partial charge in [0.15, 0.2) is 0 Å². The van der Waals surface area contributed by atoms with Crippen LogP contribution in [0, 0.1) is 0 Å². The zero-order valence-corrected chi connectivity index (χ0v) is 20.4. The van der Waals surface area contributed by atoms with E-state index in [0.717, 1.165) is 38.5 Å². The molecule has 0 bridgehead atoms. The fraction of sp³-hybridized carbons (Fsp3) is 1.00. The summed E-state index contributed by atoms with van der Waals surface area (Å²) in [5.74, 6) is 0. The fourth-order valence-electron chi connectivity index (χ4n) is 0.883. The van der Waals surface area contributed by atoms with Crippen molar-refractivity contribution in [3.05, 3.63) is 0 Å². The SMILES string of the molecule is CCCCO.CCCCO.CCCCO.CCC[CH2][Al+2].CCC[CH2][Al+2]. The van der Waals surface area contributed by atoms with E-state index >= 15 is 0 Å². The maximum atomic E-state index is 8.07. The minimum absolute atomic E-state index is 0.344. The summed E-state index contributed by atoms with van der Waals surface area (Å²) in [4.78, 5) is 0. The molecule has 0 aromatic rings. The first kappa shape index (κ1) is 36.8. The Bertz CT molecular complexity index is 95.3. The summed E-state index contributed by atoms with van der Waals surface area (Å²) in [6, 6.07) is 0. The van der Waals surface area contributed by atoms with Crippen molar-refractivity contribution in [1.82, 2.24) is 0 Å². The van der Waals surface area contributed by atoms with Crippen molar-refractivity contribution >= 4 is 32.6 Å². The van der Waals surface area contributed by atoms with Crippen LogP contribution in [-0.2, 0) is 0 Å². The molecule has 0 unspecified atom stereocenters. The molecule has 148 valence electrons. The molecule has 0 spiro atoms. The summed E-state index contributed by atoms with van der Waals surface area (Å²) >= 11 is 5.40. The van der Waals surface area contributed by atoms with Crippen LogP contribution in [0.15, 0.2) is 0 Å². The van der Waals surface area contributed by atoms with Crippen LogP contribution in [0.3, 0.4) is 0 Å². The van der Waals surface area contributed by atoms with E-state index in [1.807, 2.05) is 0 Å². The quantitative estimate of drug-likeness (QED) is 0.456. The minimum atomic E-state index is 0.344. The molecule has 25 heavy (non-hydrogen) atoms. The molecule has 0 fully saturated rings. The molecule has 0 radical (unpaired) electrons. The number of aliphatic hydroxyl groups excluding tert-OH is 3. The molecule has 0 atom stereocenters. The first-order valence-electron chi connectivity index (χ1n) is 10.3. The van der Waals surface area contributed by atoms with Gasteiger partial charge in [-0.3, -0.25) is 0 Å². The van der Waals surface area contributed by atoms with Gasteiger partial charge >= 0.3 is 82.7 Å². The Morgan fingerprint density at radius 2 is 0.640 bits per heavy atom. The van der Waals surface area contributed by atoms with Crippen LogP contribution in [-0.4, -0.2) is 67.7 Å². The zero-order valence-electron chi connectivity index (χ0n) is 18.1. The van der Waals surface area contributed by atoms with Gasteiger partial charge in [-0.05, 0) is 19.3 Å². The molecular weight excluding hydrogens is 342 g/mol. The average Bonchev–Trinajstić information content (AvgIpc) is 2.61. The second-order valence-electron chi connectivity index (χ2n) is 5.52. The predicted octanol–water partition coefficient (Wildman–Crippen LogP) is 5.08. The van der Waals surface area contributed by atoms with E-state index in [0.29, 0.717) is 19.8 Å². The van der Waals surface area contributed by atoms with Gasteiger partial charge in [0.05, 0.1) is 0 Å².